The van der Waals surface area contributed by atoms with Gasteiger partial charge in [0.25, 0.3) is 0 Å². The van der Waals surface area contributed by atoms with Gasteiger partial charge in [-0.25, -0.2) is 18.0 Å². The molecule has 3 heterocycles. The van der Waals surface area contributed by atoms with Crippen LogP contribution in [-0.4, -0.2) is 95.2 Å². The Kier molecular flexibility index (Phi) is 12.3. The lowest BCUT2D eigenvalue weighted by Gasteiger charge is -2.35. The first kappa shape index (κ1) is 36.4. The average Bonchev–Trinajstić information content (AvgIpc) is 3.20. The second-order valence-corrected chi connectivity index (χ2v) is 11.5. The molecule has 3 N–H and O–H groups in total. The lowest BCUT2D eigenvalue weighted by Crippen LogP contribution is -2.47. The minimum Gasteiger partial charge on any atom is -0.475 e. The number of carbonyl (C=O) groups is 3. The maximum absolute atomic E-state index is 13.5. The van der Waals surface area contributed by atoms with Gasteiger partial charge in [-0.05, 0) is 56.6 Å². The molecule has 18 heteroatoms. The van der Waals surface area contributed by atoms with Crippen LogP contribution in [0.4, 0.5) is 32.0 Å². The van der Waals surface area contributed by atoms with Crippen molar-refractivity contribution in [2.45, 2.75) is 49.5 Å². The van der Waals surface area contributed by atoms with Gasteiger partial charge in [0, 0.05) is 25.3 Å². The number of amides is 1. The maximum atomic E-state index is 13.5. The van der Waals surface area contributed by atoms with Crippen LogP contribution in [0.1, 0.15) is 26.2 Å². The second-order valence-electron chi connectivity index (χ2n) is 9.61. The molecule has 0 aliphatic carbocycles. The highest BCUT2D eigenvalue weighted by Gasteiger charge is 2.53. The number of likely N-dealkylation sites (tertiary alicyclic amines) is 1. The van der Waals surface area contributed by atoms with E-state index < -0.39 is 39.7 Å². The van der Waals surface area contributed by atoms with E-state index in [9.17, 15) is 39.6 Å². The molecular formula is C26H30F6N4O7S. The molecule has 4 rings (SSSR count). The number of sulfonamides is 1. The first-order chi connectivity index (χ1) is 20.4. The number of aromatic nitrogens is 1. The lowest BCUT2D eigenvalue weighted by atomic mass is 9.75. The van der Waals surface area contributed by atoms with Crippen LogP contribution in [0.25, 0.3) is 0 Å². The highest BCUT2D eigenvalue weighted by molar-refractivity contribution is 7.89. The van der Waals surface area contributed by atoms with E-state index in [0.717, 1.165) is 19.5 Å². The molecule has 2 aliphatic heterocycles. The molecule has 11 nitrogen and oxygen atoms in total. The molecule has 244 valence electrons. The summed E-state index contributed by atoms with van der Waals surface area (Å²) in [5.41, 5.74) is 0.0656. The number of benzene rings is 1. The van der Waals surface area contributed by atoms with Gasteiger partial charge in [0.05, 0.1) is 22.2 Å². The van der Waals surface area contributed by atoms with Gasteiger partial charge in [-0.1, -0.05) is 25.1 Å². The highest BCUT2D eigenvalue weighted by Crippen LogP contribution is 2.45. The minimum atomic E-state index is -5.08. The molecule has 0 saturated carbocycles. The van der Waals surface area contributed by atoms with Crippen LogP contribution >= 0.6 is 0 Å². The molecule has 1 aromatic carbocycles. The summed E-state index contributed by atoms with van der Waals surface area (Å²) >= 11 is 0. The van der Waals surface area contributed by atoms with E-state index >= 15 is 0 Å². The van der Waals surface area contributed by atoms with E-state index in [2.05, 4.69) is 22.1 Å². The number of hydrogen-bond donors (Lipinski definition) is 3. The number of carboxylic acid groups (broad SMARTS) is 2. The quantitative estimate of drug-likeness (QED) is 0.407. The Bertz CT molecular complexity index is 1350. The van der Waals surface area contributed by atoms with Gasteiger partial charge < -0.3 is 15.5 Å². The van der Waals surface area contributed by atoms with Crippen LogP contribution in [0.5, 0.6) is 0 Å². The summed E-state index contributed by atoms with van der Waals surface area (Å²) in [6.45, 7) is 4.55. The van der Waals surface area contributed by atoms with Crippen LogP contribution < -0.4 is 5.32 Å². The monoisotopic (exact) mass is 656 g/mol. The summed E-state index contributed by atoms with van der Waals surface area (Å²) in [5, 5.41) is 17.3. The Morgan fingerprint density at radius 3 is 1.95 bits per heavy atom. The molecule has 2 fully saturated rings. The van der Waals surface area contributed by atoms with Crippen LogP contribution in [0.3, 0.4) is 0 Å². The molecule has 44 heavy (non-hydrogen) atoms. The zero-order chi connectivity index (χ0) is 33.3. The zero-order valence-corrected chi connectivity index (χ0v) is 24.0. The number of carboxylic acids is 2. The first-order valence-electron chi connectivity index (χ1n) is 13.0. The fourth-order valence-corrected chi connectivity index (χ4v) is 6.38. The van der Waals surface area contributed by atoms with Gasteiger partial charge in [0.1, 0.15) is 0 Å². The third kappa shape index (κ3) is 9.36. The Balaban J connectivity index is 0.000000402. The number of fused-ring (bicyclic) bond motifs is 1. The third-order valence-corrected chi connectivity index (χ3v) is 8.94. The standard InChI is InChI=1S/C22H28N4O3S.2C2HF3O2/c1-2-25-15-11-22(21(27)24-18-7-6-13-23-17-18)12-16-26(14-10-20(22)25)30(28,29)19-8-4-3-5-9-19;2*3-2(4,5)1(6)7/h3-9,13,17,20H,2,10-12,14-16H2,1H3,(H,24,27);2*(H,6,7)/t20-,22-;;/m1../s1. The van der Waals surface area contributed by atoms with Gasteiger partial charge in [-0.15, -0.1) is 0 Å². The Morgan fingerprint density at radius 1 is 0.932 bits per heavy atom. The van der Waals surface area contributed by atoms with Crippen molar-refractivity contribution in [3.05, 3.63) is 54.9 Å². The van der Waals surface area contributed by atoms with Gasteiger partial charge in [-0.3, -0.25) is 14.7 Å². The molecule has 2 aliphatic rings. The van der Waals surface area contributed by atoms with Crippen molar-refractivity contribution in [3.8, 4) is 0 Å². The number of anilines is 1. The fraction of sp³-hybridized carbons (Fsp3) is 0.462. The smallest absolute Gasteiger partial charge is 0.475 e. The van der Waals surface area contributed by atoms with Crippen LogP contribution in [0.2, 0.25) is 0 Å². The van der Waals surface area contributed by atoms with Crippen LogP contribution in [0.15, 0.2) is 59.8 Å². The number of nitrogens with zero attached hydrogens (tertiary/aromatic N) is 3. The van der Waals surface area contributed by atoms with Crippen molar-refractivity contribution in [1.82, 2.24) is 14.2 Å². The van der Waals surface area contributed by atoms with Crippen LogP contribution in [-0.2, 0) is 24.4 Å². The van der Waals surface area contributed by atoms with E-state index in [1.165, 1.54) is 0 Å². The molecule has 2 saturated heterocycles. The topological polar surface area (TPSA) is 157 Å². The third-order valence-electron chi connectivity index (χ3n) is 7.03. The van der Waals surface area contributed by atoms with Crippen molar-refractivity contribution >= 4 is 33.6 Å². The van der Waals surface area contributed by atoms with Crippen LogP contribution in [0, 0.1) is 5.41 Å². The summed E-state index contributed by atoms with van der Waals surface area (Å²) in [6, 6.07) is 12.2. The molecular weight excluding hydrogens is 626 g/mol. The van der Waals surface area contributed by atoms with E-state index in [0.29, 0.717) is 36.5 Å². The number of rotatable bonds is 5. The fourth-order valence-electron chi connectivity index (χ4n) is 4.90. The molecule has 1 aromatic heterocycles. The Morgan fingerprint density at radius 2 is 1.48 bits per heavy atom. The van der Waals surface area contributed by atoms with Crippen molar-refractivity contribution in [2.24, 2.45) is 5.41 Å². The predicted molar refractivity (Wildman–Crippen MR) is 143 cm³/mol. The van der Waals surface area contributed by atoms with E-state index in [-0.39, 0.29) is 11.9 Å². The summed E-state index contributed by atoms with van der Waals surface area (Å²) in [5.74, 6) is -5.55. The maximum Gasteiger partial charge on any atom is 0.490 e. The Labute approximate surface area is 248 Å². The number of pyridine rings is 1. The molecule has 2 atom stereocenters. The van der Waals surface area contributed by atoms with Crippen molar-refractivity contribution in [3.63, 3.8) is 0 Å². The SMILES string of the molecule is CCN1CC[C@@]2(C(=O)Nc3cccnc3)CCN(S(=O)(=O)c3ccccc3)CC[C@@H]12.O=C(O)C(F)(F)F.O=C(O)C(F)(F)F. The second kappa shape index (κ2) is 14.8. The molecule has 1 amide bonds. The number of carbonyl (C=O) groups excluding carboxylic acids is 1. The Hall–Kier alpha value is -3.77. The number of nitrogens with one attached hydrogen (secondary N) is 1. The first-order valence-corrected chi connectivity index (χ1v) is 14.4. The summed E-state index contributed by atoms with van der Waals surface area (Å²) in [4.78, 5) is 38.0. The van der Waals surface area contributed by atoms with Crippen molar-refractivity contribution in [2.75, 3.05) is 31.5 Å². The normalized spacial score (nSPS) is 20.9. The predicted octanol–water partition coefficient (Wildman–Crippen LogP) is 3.85. The highest BCUT2D eigenvalue weighted by atomic mass is 32.2. The van der Waals surface area contributed by atoms with E-state index in [1.54, 1.807) is 47.0 Å². The number of hydrogen-bond acceptors (Lipinski definition) is 7. The molecule has 2 aromatic rings. The number of alkyl halides is 6. The zero-order valence-electron chi connectivity index (χ0n) is 23.2. The molecule has 0 spiro atoms. The van der Waals surface area contributed by atoms with Gasteiger partial charge in [0.2, 0.25) is 15.9 Å². The molecule has 0 unspecified atom stereocenters. The molecule has 0 bridgehead atoms. The van der Waals surface area contributed by atoms with Gasteiger partial charge in [0.15, 0.2) is 0 Å². The summed E-state index contributed by atoms with van der Waals surface area (Å²) < 4.78 is 91.4. The average molecular weight is 657 g/mol. The minimum absolute atomic E-state index is 0.0233. The van der Waals surface area contributed by atoms with Gasteiger partial charge in [-0.2, -0.15) is 30.6 Å². The number of aliphatic carboxylic acids is 2. The summed E-state index contributed by atoms with van der Waals surface area (Å²) in [6.07, 6.45) is -4.98. The van der Waals surface area contributed by atoms with Crippen molar-refractivity contribution < 1.29 is 59.4 Å². The molecule has 0 radical (unpaired) electrons. The van der Waals surface area contributed by atoms with E-state index in [1.807, 2.05) is 12.1 Å². The summed E-state index contributed by atoms with van der Waals surface area (Å²) in [7, 11) is -3.58. The number of halogens is 6. The van der Waals surface area contributed by atoms with E-state index in [4.69, 9.17) is 19.8 Å². The van der Waals surface area contributed by atoms with Gasteiger partial charge >= 0.3 is 24.3 Å². The van der Waals surface area contributed by atoms with Crippen molar-refractivity contribution in [1.29, 1.82) is 0 Å². The lowest BCUT2D eigenvalue weighted by molar-refractivity contribution is -0.193. The largest absolute Gasteiger partial charge is 0.490 e.